The molecule has 4 rings (SSSR count). The van der Waals surface area contributed by atoms with Crippen LogP contribution in [-0.2, 0) is 12.8 Å². The summed E-state index contributed by atoms with van der Waals surface area (Å²) >= 11 is 0. The molecule has 1 aromatic carbocycles. The van der Waals surface area contributed by atoms with E-state index in [0.29, 0.717) is 17.2 Å². The fourth-order valence-electron chi connectivity index (χ4n) is 2.86. The van der Waals surface area contributed by atoms with Gasteiger partial charge in [-0.3, -0.25) is 5.10 Å². The Hall–Kier alpha value is -2.70. The fourth-order valence-corrected chi connectivity index (χ4v) is 2.86. The summed E-state index contributed by atoms with van der Waals surface area (Å²) in [6, 6.07) is 5.24. The molecule has 1 unspecified atom stereocenters. The van der Waals surface area contributed by atoms with Gasteiger partial charge >= 0.3 is 6.03 Å². The number of urea groups is 1. The summed E-state index contributed by atoms with van der Waals surface area (Å²) < 4.78 is 10.5. The van der Waals surface area contributed by atoms with Gasteiger partial charge in [-0.15, -0.1) is 0 Å². The number of rotatable bonds is 2. The largest absolute Gasteiger partial charge is 0.454 e. The first kappa shape index (κ1) is 13.0. The van der Waals surface area contributed by atoms with Crippen molar-refractivity contribution >= 4 is 11.7 Å². The summed E-state index contributed by atoms with van der Waals surface area (Å²) in [6.07, 6.45) is 4.49. The first-order valence-electron chi connectivity index (χ1n) is 7.26. The maximum atomic E-state index is 12.1. The Morgan fingerprint density at radius 1 is 1.32 bits per heavy atom. The summed E-state index contributed by atoms with van der Waals surface area (Å²) in [6.45, 7) is 0.222. The van der Waals surface area contributed by atoms with E-state index in [-0.39, 0.29) is 18.9 Å². The molecule has 7 nitrogen and oxygen atoms in total. The van der Waals surface area contributed by atoms with Crippen LogP contribution in [0.5, 0.6) is 11.5 Å². The topological polar surface area (TPSA) is 88.3 Å². The van der Waals surface area contributed by atoms with Gasteiger partial charge in [-0.2, -0.15) is 5.10 Å². The molecule has 0 spiro atoms. The molecule has 0 saturated carbocycles. The number of hydrogen-bond acceptors (Lipinski definition) is 4. The van der Waals surface area contributed by atoms with Crippen LogP contribution in [0.2, 0.25) is 0 Å². The van der Waals surface area contributed by atoms with Crippen LogP contribution in [0.1, 0.15) is 17.7 Å². The Labute approximate surface area is 127 Å². The number of anilines is 1. The van der Waals surface area contributed by atoms with Crippen molar-refractivity contribution in [3.8, 4) is 11.5 Å². The summed E-state index contributed by atoms with van der Waals surface area (Å²) in [5.74, 6) is 1.35. The van der Waals surface area contributed by atoms with Gasteiger partial charge < -0.3 is 20.1 Å². The molecule has 2 heterocycles. The first-order chi connectivity index (χ1) is 10.8. The zero-order valence-electron chi connectivity index (χ0n) is 11.9. The van der Waals surface area contributed by atoms with Gasteiger partial charge in [0, 0.05) is 29.9 Å². The standard InChI is InChI=1S/C15H16N4O3/c20-15(17-10-2-1-9-7-16-19-12(9)5-10)18-11-3-4-13-14(6-11)22-8-21-13/h3-4,6-7,10H,1-2,5,8H2,(H,16,19)(H2,17,18,20). The van der Waals surface area contributed by atoms with E-state index in [0.717, 1.165) is 25.0 Å². The molecule has 1 aliphatic carbocycles. The second-order valence-electron chi connectivity index (χ2n) is 5.48. The highest BCUT2D eigenvalue weighted by atomic mass is 16.7. The van der Waals surface area contributed by atoms with Gasteiger partial charge in [-0.1, -0.05) is 0 Å². The smallest absolute Gasteiger partial charge is 0.319 e. The van der Waals surface area contributed by atoms with Crippen molar-refractivity contribution in [2.24, 2.45) is 0 Å². The molecular formula is C15H16N4O3. The minimum absolute atomic E-state index is 0.113. The number of amides is 2. The molecule has 0 bridgehead atoms. The Kier molecular flexibility index (Phi) is 3.10. The summed E-state index contributed by atoms with van der Waals surface area (Å²) in [5.41, 5.74) is 3.04. The normalized spacial score (nSPS) is 18.6. The second-order valence-corrected chi connectivity index (χ2v) is 5.48. The lowest BCUT2D eigenvalue weighted by atomic mass is 9.94. The molecule has 0 fully saturated rings. The Morgan fingerprint density at radius 3 is 3.18 bits per heavy atom. The average Bonchev–Trinajstić information content (AvgIpc) is 3.14. The minimum atomic E-state index is -0.216. The van der Waals surface area contributed by atoms with Crippen LogP contribution in [0.4, 0.5) is 10.5 Å². The van der Waals surface area contributed by atoms with Crippen molar-refractivity contribution < 1.29 is 14.3 Å². The lowest BCUT2D eigenvalue weighted by Gasteiger charge is -2.22. The molecule has 3 N–H and O–H groups in total. The van der Waals surface area contributed by atoms with Crippen LogP contribution in [0.3, 0.4) is 0 Å². The van der Waals surface area contributed by atoms with E-state index in [2.05, 4.69) is 20.8 Å². The number of aromatic nitrogens is 2. The number of aromatic amines is 1. The number of benzene rings is 1. The number of carbonyl (C=O) groups excluding carboxylic acids is 1. The Bertz CT molecular complexity index is 713. The summed E-state index contributed by atoms with van der Waals surface area (Å²) in [5, 5.41) is 12.8. The molecule has 22 heavy (non-hydrogen) atoms. The molecular weight excluding hydrogens is 284 g/mol. The van der Waals surface area contributed by atoms with Crippen molar-refractivity contribution in [3.63, 3.8) is 0 Å². The fraction of sp³-hybridized carbons (Fsp3) is 0.333. The molecule has 0 saturated heterocycles. The SMILES string of the molecule is O=C(Nc1ccc2c(c1)OCO2)NC1CCc2cn[nH]c2C1. The maximum absolute atomic E-state index is 12.1. The number of nitrogens with zero attached hydrogens (tertiary/aromatic N) is 1. The van der Waals surface area contributed by atoms with E-state index in [1.807, 2.05) is 6.20 Å². The molecule has 1 aromatic heterocycles. The summed E-state index contributed by atoms with van der Waals surface area (Å²) in [4.78, 5) is 12.1. The van der Waals surface area contributed by atoms with E-state index in [1.54, 1.807) is 18.2 Å². The van der Waals surface area contributed by atoms with E-state index >= 15 is 0 Å². The Balaban J connectivity index is 1.37. The number of H-pyrrole nitrogens is 1. The third kappa shape index (κ3) is 2.45. The number of ether oxygens (including phenoxy) is 2. The quantitative estimate of drug-likeness (QED) is 0.789. The van der Waals surface area contributed by atoms with Crippen molar-refractivity contribution in [2.45, 2.75) is 25.3 Å². The van der Waals surface area contributed by atoms with Crippen molar-refractivity contribution in [1.82, 2.24) is 15.5 Å². The second kappa shape index (κ2) is 5.25. The van der Waals surface area contributed by atoms with Gasteiger partial charge in [0.1, 0.15) is 0 Å². The van der Waals surface area contributed by atoms with Gasteiger partial charge in [0.05, 0.1) is 6.20 Å². The molecule has 114 valence electrons. The summed E-state index contributed by atoms with van der Waals surface area (Å²) in [7, 11) is 0. The Morgan fingerprint density at radius 2 is 2.23 bits per heavy atom. The predicted octanol–water partition coefficient (Wildman–Crippen LogP) is 1.82. The molecule has 2 aliphatic rings. The number of hydrogen-bond donors (Lipinski definition) is 3. The molecule has 2 amide bonds. The molecule has 0 radical (unpaired) electrons. The van der Waals surface area contributed by atoms with Crippen LogP contribution < -0.4 is 20.1 Å². The van der Waals surface area contributed by atoms with Crippen molar-refractivity contribution in [2.75, 3.05) is 12.1 Å². The van der Waals surface area contributed by atoms with E-state index in [4.69, 9.17) is 9.47 Å². The average molecular weight is 300 g/mol. The number of carbonyl (C=O) groups is 1. The van der Waals surface area contributed by atoms with Crippen molar-refractivity contribution in [3.05, 3.63) is 35.7 Å². The molecule has 1 aliphatic heterocycles. The third-order valence-electron chi connectivity index (χ3n) is 3.99. The van der Waals surface area contributed by atoms with Gasteiger partial charge in [0.25, 0.3) is 0 Å². The highest BCUT2D eigenvalue weighted by molar-refractivity contribution is 5.89. The van der Waals surface area contributed by atoms with Gasteiger partial charge in [0.15, 0.2) is 11.5 Å². The lowest BCUT2D eigenvalue weighted by molar-refractivity contribution is 0.174. The monoisotopic (exact) mass is 300 g/mol. The van der Waals surface area contributed by atoms with Gasteiger partial charge in [-0.25, -0.2) is 4.79 Å². The number of aryl methyl sites for hydroxylation is 1. The molecule has 1 atom stereocenters. The molecule has 2 aromatic rings. The third-order valence-corrected chi connectivity index (χ3v) is 3.99. The number of fused-ring (bicyclic) bond motifs is 2. The van der Waals surface area contributed by atoms with Crippen LogP contribution in [0.25, 0.3) is 0 Å². The van der Waals surface area contributed by atoms with Crippen LogP contribution in [0.15, 0.2) is 24.4 Å². The zero-order chi connectivity index (χ0) is 14.9. The maximum Gasteiger partial charge on any atom is 0.319 e. The van der Waals surface area contributed by atoms with Gasteiger partial charge in [-0.05, 0) is 30.5 Å². The minimum Gasteiger partial charge on any atom is -0.454 e. The predicted molar refractivity (Wildman–Crippen MR) is 79.1 cm³/mol. The van der Waals surface area contributed by atoms with Crippen LogP contribution in [-0.4, -0.2) is 29.1 Å². The van der Waals surface area contributed by atoms with Crippen LogP contribution in [0, 0.1) is 0 Å². The highest BCUT2D eigenvalue weighted by Crippen LogP contribution is 2.34. The van der Waals surface area contributed by atoms with E-state index < -0.39 is 0 Å². The van der Waals surface area contributed by atoms with E-state index in [9.17, 15) is 4.79 Å². The number of nitrogens with one attached hydrogen (secondary N) is 3. The van der Waals surface area contributed by atoms with Crippen LogP contribution >= 0.6 is 0 Å². The zero-order valence-corrected chi connectivity index (χ0v) is 11.9. The first-order valence-corrected chi connectivity index (χ1v) is 7.26. The van der Waals surface area contributed by atoms with E-state index in [1.165, 1.54) is 5.56 Å². The van der Waals surface area contributed by atoms with Crippen molar-refractivity contribution in [1.29, 1.82) is 0 Å². The molecule has 7 heteroatoms. The highest BCUT2D eigenvalue weighted by Gasteiger charge is 2.22. The van der Waals surface area contributed by atoms with Gasteiger partial charge in [0.2, 0.25) is 6.79 Å². The lowest BCUT2D eigenvalue weighted by Crippen LogP contribution is -2.41.